The summed E-state index contributed by atoms with van der Waals surface area (Å²) in [7, 11) is 3.37. The second-order valence-electron chi connectivity index (χ2n) is 3.89. The van der Waals surface area contributed by atoms with E-state index in [2.05, 4.69) is 15.5 Å². The van der Waals surface area contributed by atoms with Crippen LogP contribution in [0.25, 0.3) is 0 Å². The predicted molar refractivity (Wildman–Crippen MR) is 62.0 cm³/mol. The molecule has 2 atom stereocenters. The molecule has 0 aliphatic rings. The maximum Gasteiger partial charge on any atom is 0.223 e. The number of rotatable bonds is 6. The third kappa shape index (κ3) is 3.79. The van der Waals surface area contributed by atoms with Gasteiger partial charge in [-0.05, 0) is 6.92 Å². The van der Waals surface area contributed by atoms with E-state index >= 15 is 0 Å². The first-order chi connectivity index (χ1) is 8.08. The van der Waals surface area contributed by atoms with Gasteiger partial charge in [0.05, 0.1) is 18.6 Å². The van der Waals surface area contributed by atoms with Crippen LogP contribution in [0.3, 0.4) is 0 Å². The van der Waals surface area contributed by atoms with Gasteiger partial charge in [0.2, 0.25) is 5.91 Å². The first-order valence-corrected chi connectivity index (χ1v) is 5.44. The average molecular weight is 241 g/mol. The number of nitrogens with one attached hydrogen (secondary N) is 1. The summed E-state index contributed by atoms with van der Waals surface area (Å²) < 4.78 is 6.81. The zero-order valence-corrected chi connectivity index (χ0v) is 10.4. The standard InChI is InChI=1S/C10H19N5O2/c1-7(10-14-12-6-15(10)2)13-9(16)4-8(5-11)17-3/h6-8H,4-5,11H2,1-3H3,(H,13,16). The van der Waals surface area contributed by atoms with E-state index in [1.807, 2.05) is 14.0 Å². The minimum atomic E-state index is -0.248. The number of carbonyl (C=O) groups is 1. The van der Waals surface area contributed by atoms with Crippen LogP contribution in [0.1, 0.15) is 25.2 Å². The maximum atomic E-state index is 11.7. The molecule has 7 nitrogen and oxygen atoms in total. The molecule has 2 unspecified atom stereocenters. The van der Waals surface area contributed by atoms with Crippen molar-refractivity contribution in [2.24, 2.45) is 12.8 Å². The van der Waals surface area contributed by atoms with Gasteiger partial charge in [-0.3, -0.25) is 4.79 Å². The minimum Gasteiger partial charge on any atom is -0.380 e. The number of ether oxygens (including phenoxy) is 1. The highest BCUT2D eigenvalue weighted by Crippen LogP contribution is 2.07. The average Bonchev–Trinajstić information content (AvgIpc) is 2.72. The second kappa shape index (κ2) is 6.31. The van der Waals surface area contributed by atoms with Crippen molar-refractivity contribution in [1.29, 1.82) is 0 Å². The number of methoxy groups -OCH3 is 1. The Labute approximate surface area is 100 Å². The number of nitrogens with zero attached hydrogens (tertiary/aromatic N) is 3. The van der Waals surface area contributed by atoms with Crippen LogP contribution in [0.4, 0.5) is 0 Å². The molecule has 1 aromatic heterocycles. The second-order valence-corrected chi connectivity index (χ2v) is 3.89. The highest BCUT2D eigenvalue weighted by atomic mass is 16.5. The summed E-state index contributed by atoms with van der Waals surface area (Å²) in [4.78, 5) is 11.7. The van der Waals surface area contributed by atoms with Gasteiger partial charge in [-0.25, -0.2) is 0 Å². The van der Waals surface area contributed by atoms with Crippen molar-refractivity contribution < 1.29 is 9.53 Å². The molecule has 0 saturated carbocycles. The molecule has 0 bridgehead atoms. The zero-order valence-electron chi connectivity index (χ0n) is 10.4. The van der Waals surface area contributed by atoms with E-state index < -0.39 is 0 Å². The minimum absolute atomic E-state index is 0.113. The Morgan fingerprint density at radius 1 is 1.71 bits per heavy atom. The fraction of sp³-hybridized carbons (Fsp3) is 0.700. The first kappa shape index (κ1) is 13.6. The van der Waals surface area contributed by atoms with Crippen molar-refractivity contribution in [3.8, 4) is 0 Å². The molecule has 7 heteroatoms. The molecule has 0 aromatic carbocycles. The molecule has 0 aliphatic carbocycles. The molecule has 1 aromatic rings. The third-order valence-corrected chi connectivity index (χ3v) is 2.52. The monoisotopic (exact) mass is 241 g/mol. The topological polar surface area (TPSA) is 95.1 Å². The number of nitrogens with two attached hydrogens (primary N) is 1. The van der Waals surface area contributed by atoms with Gasteiger partial charge in [0.1, 0.15) is 6.33 Å². The molecular formula is C10H19N5O2. The summed E-state index contributed by atoms with van der Waals surface area (Å²) in [5, 5.41) is 10.5. The van der Waals surface area contributed by atoms with Gasteiger partial charge in [-0.1, -0.05) is 0 Å². The summed E-state index contributed by atoms with van der Waals surface area (Å²) in [6.45, 7) is 2.18. The van der Waals surface area contributed by atoms with Crippen molar-refractivity contribution in [3.05, 3.63) is 12.2 Å². The molecule has 0 aliphatic heterocycles. The Bertz CT molecular complexity index is 361. The Morgan fingerprint density at radius 3 is 2.88 bits per heavy atom. The number of carbonyl (C=O) groups excluding carboxylic acids is 1. The fourth-order valence-electron chi connectivity index (χ4n) is 1.52. The number of amides is 1. The summed E-state index contributed by atoms with van der Waals surface area (Å²) in [6.07, 6.45) is 1.59. The Hall–Kier alpha value is -1.47. The maximum absolute atomic E-state index is 11.7. The van der Waals surface area contributed by atoms with Gasteiger partial charge in [0.25, 0.3) is 0 Å². The highest BCUT2D eigenvalue weighted by Gasteiger charge is 2.17. The van der Waals surface area contributed by atoms with Crippen LogP contribution in [-0.4, -0.2) is 40.4 Å². The van der Waals surface area contributed by atoms with E-state index in [1.165, 1.54) is 7.11 Å². The van der Waals surface area contributed by atoms with Gasteiger partial charge < -0.3 is 20.4 Å². The zero-order chi connectivity index (χ0) is 12.8. The smallest absolute Gasteiger partial charge is 0.223 e. The van der Waals surface area contributed by atoms with E-state index in [-0.39, 0.29) is 24.5 Å². The SMILES string of the molecule is COC(CN)CC(=O)NC(C)c1nncn1C. The van der Waals surface area contributed by atoms with Crippen molar-refractivity contribution in [3.63, 3.8) is 0 Å². The van der Waals surface area contributed by atoms with Crippen LogP contribution < -0.4 is 11.1 Å². The van der Waals surface area contributed by atoms with Crippen molar-refractivity contribution in [2.45, 2.75) is 25.5 Å². The molecule has 0 saturated heterocycles. The van der Waals surface area contributed by atoms with Gasteiger partial charge in [-0.15, -0.1) is 10.2 Å². The molecular weight excluding hydrogens is 222 g/mol. The van der Waals surface area contributed by atoms with E-state index in [0.717, 1.165) is 0 Å². The molecule has 3 N–H and O–H groups in total. The third-order valence-electron chi connectivity index (χ3n) is 2.52. The summed E-state index contributed by atoms with van der Waals surface area (Å²) in [5.74, 6) is 0.595. The molecule has 96 valence electrons. The molecule has 17 heavy (non-hydrogen) atoms. The number of hydrogen-bond acceptors (Lipinski definition) is 5. The van der Waals surface area contributed by atoms with Gasteiger partial charge in [0.15, 0.2) is 5.82 Å². The number of aryl methyl sites for hydroxylation is 1. The lowest BCUT2D eigenvalue weighted by Gasteiger charge is -2.16. The Balaban J connectivity index is 2.49. The Kier molecular flexibility index (Phi) is 5.05. The summed E-state index contributed by atoms with van der Waals surface area (Å²) >= 11 is 0. The largest absolute Gasteiger partial charge is 0.380 e. The van der Waals surface area contributed by atoms with Crippen LogP contribution >= 0.6 is 0 Å². The van der Waals surface area contributed by atoms with Crippen LogP contribution in [-0.2, 0) is 16.6 Å². The molecule has 1 rings (SSSR count). The molecule has 0 fully saturated rings. The van der Waals surface area contributed by atoms with E-state index in [0.29, 0.717) is 12.4 Å². The van der Waals surface area contributed by atoms with Crippen LogP contribution in [0.5, 0.6) is 0 Å². The molecule has 0 radical (unpaired) electrons. The predicted octanol–water partition coefficient (Wildman–Crippen LogP) is -0.644. The van der Waals surface area contributed by atoms with E-state index in [1.54, 1.807) is 10.9 Å². The summed E-state index contributed by atoms with van der Waals surface area (Å²) in [6, 6.07) is -0.190. The summed E-state index contributed by atoms with van der Waals surface area (Å²) in [5.41, 5.74) is 5.45. The lowest BCUT2D eigenvalue weighted by atomic mass is 10.2. The van der Waals surface area contributed by atoms with Crippen molar-refractivity contribution in [1.82, 2.24) is 20.1 Å². The van der Waals surface area contributed by atoms with Gasteiger partial charge in [0, 0.05) is 20.7 Å². The van der Waals surface area contributed by atoms with E-state index in [9.17, 15) is 4.79 Å². The van der Waals surface area contributed by atoms with Crippen LogP contribution in [0, 0.1) is 0 Å². The Morgan fingerprint density at radius 2 is 2.41 bits per heavy atom. The quantitative estimate of drug-likeness (QED) is 0.690. The number of aromatic nitrogens is 3. The normalized spacial score (nSPS) is 14.4. The highest BCUT2D eigenvalue weighted by molar-refractivity contribution is 5.76. The molecule has 1 heterocycles. The van der Waals surface area contributed by atoms with Gasteiger partial charge >= 0.3 is 0 Å². The lowest BCUT2D eigenvalue weighted by molar-refractivity contribution is -0.124. The van der Waals surface area contributed by atoms with Crippen LogP contribution in [0.2, 0.25) is 0 Å². The fourth-order valence-corrected chi connectivity index (χ4v) is 1.52. The first-order valence-electron chi connectivity index (χ1n) is 5.44. The van der Waals surface area contributed by atoms with Gasteiger partial charge in [-0.2, -0.15) is 0 Å². The molecule has 1 amide bonds. The van der Waals surface area contributed by atoms with E-state index in [4.69, 9.17) is 10.5 Å². The van der Waals surface area contributed by atoms with Crippen molar-refractivity contribution >= 4 is 5.91 Å². The van der Waals surface area contributed by atoms with Crippen molar-refractivity contribution in [2.75, 3.05) is 13.7 Å². The van der Waals surface area contributed by atoms with Crippen LogP contribution in [0.15, 0.2) is 6.33 Å². The molecule has 0 spiro atoms. The lowest BCUT2D eigenvalue weighted by Crippen LogP contribution is -2.34. The number of hydrogen-bond donors (Lipinski definition) is 2.